The zero-order valence-electron chi connectivity index (χ0n) is 11.2. The standard InChI is InChI=1S/C14H14Br2N2O2S/c1-17-9-10-5-6-14(13(16)7-10)21(19,20)18-12-4-2-3-11(15)8-12/h2-8,17-18H,9H2,1H3. The second-order valence-corrected chi connectivity index (χ2v) is 7.83. The number of anilines is 1. The van der Waals surface area contributed by atoms with Crippen LogP contribution in [0.25, 0.3) is 0 Å². The first-order chi connectivity index (χ1) is 9.92. The molecular weight excluding hydrogens is 420 g/mol. The largest absolute Gasteiger partial charge is 0.316 e. The van der Waals surface area contributed by atoms with E-state index < -0.39 is 10.0 Å². The first kappa shape index (κ1) is 16.5. The first-order valence-corrected chi connectivity index (χ1v) is 9.21. The van der Waals surface area contributed by atoms with E-state index in [0.29, 0.717) is 16.7 Å². The van der Waals surface area contributed by atoms with Crippen molar-refractivity contribution in [3.63, 3.8) is 0 Å². The Labute approximate surface area is 141 Å². The van der Waals surface area contributed by atoms with Crippen LogP contribution in [0.4, 0.5) is 5.69 Å². The van der Waals surface area contributed by atoms with Crippen LogP contribution >= 0.6 is 31.9 Å². The van der Waals surface area contributed by atoms with Gasteiger partial charge in [-0.15, -0.1) is 0 Å². The molecule has 0 amide bonds. The van der Waals surface area contributed by atoms with Gasteiger partial charge in [0.15, 0.2) is 0 Å². The van der Waals surface area contributed by atoms with E-state index in [-0.39, 0.29) is 4.90 Å². The Hall–Kier alpha value is -0.890. The summed E-state index contributed by atoms with van der Waals surface area (Å²) >= 11 is 6.64. The Morgan fingerprint density at radius 1 is 1.10 bits per heavy atom. The van der Waals surface area contributed by atoms with Gasteiger partial charge in [-0.05, 0) is 58.9 Å². The molecule has 0 bridgehead atoms. The van der Waals surface area contributed by atoms with E-state index in [1.807, 2.05) is 13.1 Å². The maximum Gasteiger partial charge on any atom is 0.263 e. The van der Waals surface area contributed by atoms with Gasteiger partial charge in [-0.2, -0.15) is 0 Å². The summed E-state index contributed by atoms with van der Waals surface area (Å²) in [5.74, 6) is 0. The molecule has 0 spiro atoms. The first-order valence-electron chi connectivity index (χ1n) is 6.14. The summed E-state index contributed by atoms with van der Waals surface area (Å²) in [5.41, 5.74) is 1.52. The predicted molar refractivity (Wildman–Crippen MR) is 91.9 cm³/mol. The van der Waals surface area contributed by atoms with Crippen LogP contribution in [0, 0.1) is 0 Å². The van der Waals surface area contributed by atoms with Gasteiger partial charge >= 0.3 is 0 Å². The van der Waals surface area contributed by atoms with Gasteiger partial charge in [-0.1, -0.05) is 28.1 Å². The van der Waals surface area contributed by atoms with Gasteiger partial charge in [0.2, 0.25) is 0 Å². The summed E-state index contributed by atoms with van der Waals surface area (Å²) < 4.78 is 28.8. The van der Waals surface area contributed by atoms with Crippen molar-refractivity contribution in [3.8, 4) is 0 Å². The van der Waals surface area contributed by atoms with Crippen molar-refractivity contribution < 1.29 is 8.42 Å². The molecule has 21 heavy (non-hydrogen) atoms. The lowest BCUT2D eigenvalue weighted by Gasteiger charge is -2.11. The predicted octanol–water partition coefficient (Wildman–Crippen LogP) is 3.73. The van der Waals surface area contributed by atoms with E-state index in [1.165, 1.54) is 0 Å². The van der Waals surface area contributed by atoms with E-state index in [1.54, 1.807) is 36.4 Å². The highest BCUT2D eigenvalue weighted by Gasteiger charge is 2.18. The minimum Gasteiger partial charge on any atom is -0.316 e. The molecule has 0 aliphatic heterocycles. The molecule has 7 heteroatoms. The summed E-state index contributed by atoms with van der Waals surface area (Å²) in [6, 6.07) is 12.2. The SMILES string of the molecule is CNCc1ccc(S(=O)(=O)Nc2cccc(Br)c2)c(Br)c1. The minimum absolute atomic E-state index is 0.210. The Kier molecular flexibility index (Phi) is 5.43. The van der Waals surface area contributed by atoms with Crippen LogP contribution in [0.5, 0.6) is 0 Å². The van der Waals surface area contributed by atoms with Crippen LogP contribution in [0.2, 0.25) is 0 Å². The molecule has 0 fully saturated rings. The number of rotatable bonds is 5. The molecule has 0 saturated heterocycles. The summed E-state index contributed by atoms with van der Waals surface area (Å²) in [4.78, 5) is 0.210. The average molecular weight is 434 g/mol. The van der Waals surface area contributed by atoms with Crippen LogP contribution in [-0.2, 0) is 16.6 Å². The van der Waals surface area contributed by atoms with E-state index in [4.69, 9.17) is 0 Å². The van der Waals surface area contributed by atoms with Gasteiger partial charge in [0, 0.05) is 21.2 Å². The molecule has 0 aromatic heterocycles. The minimum atomic E-state index is -3.63. The summed E-state index contributed by atoms with van der Waals surface area (Å²) in [6.45, 7) is 0.679. The molecule has 0 radical (unpaired) electrons. The number of halogens is 2. The van der Waals surface area contributed by atoms with E-state index in [9.17, 15) is 8.42 Å². The maximum absolute atomic E-state index is 12.4. The molecule has 2 aromatic rings. The Balaban J connectivity index is 2.31. The van der Waals surface area contributed by atoms with Crippen LogP contribution in [-0.4, -0.2) is 15.5 Å². The molecule has 0 aliphatic carbocycles. The number of hydrogen-bond acceptors (Lipinski definition) is 3. The molecule has 2 aromatic carbocycles. The lowest BCUT2D eigenvalue weighted by Crippen LogP contribution is -2.14. The molecule has 0 heterocycles. The van der Waals surface area contributed by atoms with Gasteiger partial charge < -0.3 is 5.32 Å². The third kappa shape index (κ3) is 4.29. The molecular formula is C14H14Br2N2O2S. The zero-order valence-corrected chi connectivity index (χ0v) is 15.2. The van der Waals surface area contributed by atoms with Crippen LogP contribution in [0.1, 0.15) is 5.56 Å². The number of hydrogen-bond donors (Lipinski definition) is 2. The van der Waals surface area contributed by atoms with Crippen LogP contribution in [0.3, 0.4) is 0 Å². The van der Waals surface area contributed by atoms with Gasteiger partial charge in [-0.25, -0.2) is 8.42 Å². The van der Waals surface area contributed by atoms with E-state index >= 15 is 0 Å². The van der Waals surface area contributed by atoms with Crippen molar-refractivity contribution >= 4 is 47.6 Å². The van der Waals surface area contributed by atoms with Crippen LogP contribution in [0.15, 0.2) is 56.3 Å². The third-order valence-electron chi connectivity index (χ3n) is 2.74. The Morgan fingerprint density at radius 3 is 2.48 bits per heavy atom. The molecule has 0 unspecified atom stereocenters. The number of sulfonamides is 1. The Morgan fingerprint density at radius 2 is 1.86 bits per heavy atom. The fourth-order valence-corrected chi connectivity index (χ4v) is 4.41. The van der Waals surface area contributed by atoms with Crippen molar-refractivity contribution in [1.82, 2.24) is 5.32 Å². The summed E-state index contributed by atoms with van der Waals surface area (Å²) in [5, 5.41) is 3.02. The lowest BCUT2D eigenvalue weighted by atomic mass is 10.2. The van der Waals surface area contributed by atoms with Crippen molar-refractivity contribution in [2.24, 2.45) is 0 Å². The van der Waals surface area contributed by atoms with E-state index in [0.717, 1.165) is 10.0 Å². The molecule has 2 rings (SSSR count). The molecule has 2 N–H and O–H groups in total. The zero-order chi connectivity index (χ0) is 15.5. The fraction of sp³-hybridized carbons (Fsp3) is 0.143. The van der Waals surface area contributed by atoms with Crippen molar-refractivity contribution in [1.29, 1.82) is 0 Å². The normalized spacial score (nSPS) is 11.4. The van der Waals surface area contributed by atoms with Gasteiger partial charge in [0.25, 0.3) is 10.0 Å². The molecule has 112 valence electrons. The second kappa shape index (κ2) is 6.91. The highest BCUT2D eigenvalue weighted by Crippen LogP contribution is 2.26. The van der Waals surface area contributed by atoms with E-state index in [2.05, 4.69) is 41.9 Å². The molecule has 4 nitrogen and oxygen atoms in total. The van der Waals surface area contributed by atoms with Gasteiger partial charge in [0.05, 0.1) is 0 Å². The van der Waals surface area contributed by atoms with Crippen molar-refractivity contribution in [2.45, 2.75) is 11.4 Å². The van der Waals surface area contributed by atoms with Gasteiger partial charge in [0.1, 0.15) is 4.90 Å². The average Bonchev–Trinajstić information content (AvgIpc) is 2.38. The highest BCUT2D eigenvalue weighted by atomic mass is 79.9. The quantitative estimate of drug-likeness (QED) is 0.755. The highest BCUT2D eigenvalue weighted by molar-refractivity contribution is 9.10. The third-order valence-corrected chi connectivity index (χ3v) is 5.59. The molecule has 0 aliphatic rings. The summed E-state index contributed by atoms with van der Waals surface area (Å²) in [6.07, 6.45) is 0. The maximum atomic E-state index is 12.4. The summed E-state index contributed by atoms with van der Waals surface area (Å²) in [7, 11) is -1.79. The monoisotopic (exact) mass is 432 g/mol. The second-order valence-electron chi connectivity index (χ2n) is 4.41. The van der Waals surface area contributed by atoms with Crippen molar-refractivity contribution in [2.75, 3.05) is 11.8 Å². The smallest absolute Gasteiger partial charge is 0.263 e. The van der Waals surface area contributed by atoms with Crippen LogP contribution < -0.4 is 10.0 Å². The fourth-order valence-electron chi connectivity index (χ4n) is 1.84. The molecule has 0 atom stereocenters. The van der Waals surface area contributed by atoms with Gasteiger partial charge in [-0.3, -0.25) is 4.72 Å². The lowest BCUT2D eigenvalue weighted by molar-refractivity contribution is 0.600. The molecule has 0 saturated carbocycles. The number of nitrogens with one attached hydrogen (secondary N) is 2. The Bertz CT molecular complexity index is 748. The van der Waals surface area contributed by atoms with Crippen molar-refractivity contribution in [3.05, 3.63) is 57.0 Å². The number of benzene rings is 2. The topological polar surface area (TPSA) is 58.2 Å².